The van der Waals surface area contributed by atoms with Gasteiger partial charge in [-0.3, -0.25) is 0 Å². The first-order valence-electron chi connectivity index (χ1n) is 9.01. The van der Waals surface area contributed by atoms with Gasteiger partial charge in [0.05, 0.1) is 18.3 Å². The van der Waals surface area contributed by atoms with Gasteiger partial charge in [-0.15, -0.1) is 0 Å². The molecular formula is C22H24N2O2. The molecule has 3 aromatic rings. The molecule has 0 spiro atoms. The molecule has 0 saturated carbocycles. The number of anilines is 1. The fourth-order valence-electron chi connectivity index (χ4n) is 4.34. The van der Waals surface area contributed by atoms with Crippen LogP contribution in [0.5, 0.6) is 5.75 Å². The van der Waals surface area contributed by atoms with E-state index in [0.717, 1.165) is 36.3 Å². The summed E-state index contributed by atoms with van der Waals surface area (Å²) in [6.45, 7) is 6.30. The maximum absolute atomic E-state index is 11.5. The molecule has 0 saturated heterocycles. The van der Waals surface area contributed by atoms with Crippen LogP contribution in [-0.4, -0.2) is 31.6 Å². The molecule has 1 aliphatic heterocycles. The second-order valence-electron chi connectivity index (χ2n) is 7.05. The highest BCUT2D eigenvalue weighted by Gasteiger charge is 2.26. The number of benzene rings is 2. The lowest BCUT2D eigenvalue weighted by molar-refractivity contribution is -0.107. The molecule has 0 radical (unpaired) electrons. The van der Waals surface area contributed by atoms with Gasteiger partial charge in [0.15, 0.2) is 0 Å². The van der Waals surface area contributed by atoms with E-state index in [9.17, 15) is 4.79 Å². The highest BCUT2D eigenvalue weighted by molar-refractivity contribution is 6.07. The molecule has 2 aromatic carbocycles. The number of rotatable bonds is 4. The Balaban J connectivity index is 2.11. The number of hydrogen-bond donors (Lipinski definition) is 0. The van der Waals surface area contributed by atoms with E-state index in [2.05, 4.69) is 48.6 Å². The van der Waals surface area contributed by atoms with Crippen molar-refractivity contribution in [3.63, 3.8) is 0 Å². The Morgan fingerprint density at radius 1 is 1.15 bits per heavy atom. The van der Waals surface area contributed by atoms with Crippen LogP contribution >= 0.6 is 0 Å². The number of methoxy groups -OCH3 is 1. The van der Waals surface area contributed by atoms with Crippen molar-refractivity contribution >= 4 is 22.9 Å². The number of hydrogen-bond acceptors (Lipinski definition) is 3. The standard InChI is InChI=1S/C22H24N2O2/c1-14-13-19-20(16-5-7-17(26-4)8-6-16)18(9-12-25)15(2)21-22(19)24(14)11-10-23(21)3/h5-8,12-13H,9-11H2,1-4H3. The zero-order valence-corrected chi connectivity index (χ0v) is 15.8. The van der Waals surface area contributed by atoms with Crippen LogP contribution in [0.4, 0.5) is 5.69 Å². The van der Waals surface area contributed by atoms with Crippen LogP contribution < -0.4 is 9.64 Å². The minimum atomic E-state index is 0.425. The molecule has 1 aromatic heterocycles. The van der Waals surface area contributed by atoms with Crippen LogP contribution in [0.3, 0.4) is 0 Å². The zero-order chi connectivity index (χ0) is 18.4. The lowest BCUT2D eigenvalue weighted by Gasteiger charge is -2.31. The largest absolute Gasteiger partial charge is 0.497 e. The van der Waals surface area contributed by atoms with Crippen LogP contribution in [0.25, 0.3) is 22.0 Å². The Morgan fingerprint density at radius 2 is 1.88 bits per heavy atom. The smallest absolute Gasteiger partial charge is 0.124 e. The van der Waals surface area contributed by atoms with Crippen LogP contribution in [0, 0.1) is 13.8 Å². The van der Waals surface area contributed by atoms with Gasteiger partial charge in [0, 0.05) is 37.6 Å². The molecular weight excluding hydrogens is 324 g/mol. The molecule has 0 aliphatic carbocycles. The van der Waals surface area contributed by atoms with Crippen molar-refractivity contribution in [2.75, 3.05) is 25.6 Å². The summed E-state index contributed by atoms with van der Waals surface area (Å²) in [4.78, 5) is 13.8. The average Bonchev–Trinajstić information content (AvgIpc) is 2.97. The molecule has 0 atom stereocenters. The van der Waals surface area contributed by atoms with Crippen molar-refractivity contribution in [2.45, 2.75) is 26.8 Å². The fourth-order valence-corrected chi connectivity index (χ4v) is 4.34. The molecule has 2 heterocycles. The molecule has 4 nitrogen and oxygen atoms in total. The molecule has 0 unspecified atom stereocenters. The van der Waals surface area contributed by atoms with Crippen molar-refractivity contribution in [1.82, 2.24) is 4.57 Å². The van der Waals surface area contributed by atoms with E-state index in [4.69, 9.17) is 4.74 Å². The fraction of sp³-hybridized carbons (Fsp3) is 0.318. The molecule has 134 valence electrons. The third kappa shape index (κ3) is 2.32. The second-order valence-corrected chi connectivity index (χ2v) is 7.05. The topological polar surface area (TPSA) is 34.5 Å². The van der Waals surface area contributed by atoms with Gasteiger partial charge in [-0.05, 0) is 54.3 Å². The van der Waals surface area contributed by atoms with E-state index in [1.54, 1.807) is 7.11 Å². The van der Waals surface area contributed by atoms with Crippen LogP contribution in [0.2, 0.25) is 0 Å². The van der Waals surface area contributed by atoms with E-state index in [-0.39, 0.29) is 0 Å². The third-order valence-corrected chi connectivity index (χ3v) is 5.61. The lowest BCUT2D eigenvalue weighted by atomic mass is 9.89. The number of likely N-dealkylation sites (N-methyl/N-ethyl adjacent to an activating group) is 1. The van der Waals surface area contributed by atoms with Crippen LogP contribution in [-0.2, 0) is 17.8 Å². The summed E-state index contributed by atoms with van der Waals surface area (Å²) in [5.41, 5.74) is 8.45. The quantitative estimate of drug-likeness (QED) is 0.665. The number of nitrogens with zero attached hydrogens (tertiary/aromatic N) is 2. The predicted molar refractivity (Wildman–Crippen MR) is 106 cm³/mol. The van der Waals surface area contributed by atoms with E-state index in [0.29, 0.717) is 6.42 Å². The summed E-state index contributed by atoms with van der Waals surface area (Å²) in [7, 11) is 3.82. The first-order chi connectivity index (χ1) is 12.6. The number of aldehydes is 1. The van der Waals surface area contributed by atoms with Crippen molar-refractivity contribution in [3.05, 3.63) is 47.2 Å². The van der Waals surface area contributed by atoms with Gasteiger partial charge >= 0.3 is 0 Å². The number of ether oxygens (including phenoxy) is 1. The summed E-state index contributed by atoms with van der Waals surface area (Å²) in [5, 5.41) is 1.23. The SMILES string of the molecule is COc1ccc(-c2c(CC=O)c(C)c3c4c2cc(C)n4CCN3C)cc1. The number of carbonyl (C=O) groups is 1. The van der Waals surface area contributed by atoms with E-state index >= 15 is 0 Å². The Morgan fingerprint density at radius 3 is 2.54 bits per heavy atom. The van der Waals surface area contributed by atoms with Gasteiger partial charge in [0.25, 0.3) is 0 Å². The minimum Gasteiger partial charge on any atom is -0.497 e. The molecule has 0 fully saturated rings. The molecule has 26 heavy (non-hydrogen) atoms. The van der Waals surface area contributed by atoms with Crippen molar-refractivity contribution < 1.29 is 9.53 Å². The van der Waals surface area contributed by atoms with Gasteiger partial charge in [-0.2, -0.15) is 0 Å². The number of aryl methyl sites for hydroxylation is 1. The van der Waals surface area contributed by atoms with Crippen molar-refractivity contribution in [1.29, 1.82) is 0 Å². The molecule has 4 rings (SSSR count). The van der Waals surface area contributed by atoms with Crippen molar-refractivity contribution in [2.24, 2.45) is 0 Å². The second kappa shape index (κ2) is 6.20. The number of aromatic nitrogens is 1. The van der Waals surface area contributed by atoms with E-state index < -0.39 is 0 Å². The van der Waals surface area contributed by atoms with E-state index in [1.807, 2.05) is 12.1 Å². The molecule has 0 N–H and O–H groups in total. The van der Waals surface area contributed by atoms with Gasteiger partial charge in [-0.1, -0.05) is 12.1 Å². The summed E-state index contributed by atoms with van der Waals surface area (Å²) >= 11 is 0. The van der Waals surface area contributed by atoms with Crippen LogP contribution in [0.1, 0.15) is 16.8 Å². The lowest BCUT2D eigenvalue weighted by Crippen LogP contribution is -2.29. The molecule has 4 heteroatoms. The van der Waals surface area contributed by atoms with E-state index in [1.165, 1.54) is 33.4 Å². The molecule has 0 amide bonds. The van der Waals surface area contributed by atoms with Gasteiger partial charge < -0.3 is 19.0 Å². The van der Waals surface area contributed by atoms with Crippen LogP contribution in [0.15, 0.2) is 30.3 Å². The summed E-state index contributed by atoms with van der Waals surface area (Å²) < 4.78 is 7.72. The first kappa shape index (κ1) is 16.7. The van der Waals surface area contributed by atoms with Gasteiger partial charge in [-0.25, -0.2) is 0 Å². The van der Waals surface area contributed by atoms with Gasteiger partial charge in [0.2, 0.25) is 0 Å². The van der Waals surface area contributed by atoms with Crippen molar-refractivity contribution in [3.8, 4) is 16.9 Å². The Hall–Kier alpha value is -2.75. The first-order valence-corrected chi connectivity index (χ1v) is 9.01. The highest BCUT2D eigenvalue weighted by Crippen LogP contribution is 2.44. The zero-order valence-electron chi connectivity index (χ0n) is 15.8. The summed E-state index contributed by atoms with van der Waals surface area (Å²) in [6, 6.07) is 10.4. The minimum absolute atomic E-state index is 0.425. The maximum atomic E-state index is 11.5. The summed E-state index contributed by atoms with van der Waals surface area (Å²) in [6.07, 6.45) is 1.44. The average molecular weight is 348 g/mol. The normalized spacial score (nSPS) is 13.3. The monoisotopic (exact) mass is 348 g/mol. The van der Waals surface area contributed by atoms with Gasteiger partial charge in [0.1, 0.15) is 12.0 Å². The summed E-state index contributed by atoms with van der Waals surface area (Å²) in [5.74, 6) is 0.838. The molecule has 0 bridgehead atoms. The Kier molecular flexibility index (Phi) is 3.98. The maximum Gasteiger partial charge on any atom is 0.124 e. The Labute approximate surface area is 154 Å². The molecule has 1 aliphatic rings. The Bertz CT molecular complexity index is 1000. The number of carbonyl (C=O) groups excluding carboxylic acids is 1. The predicted octanol–water partition coefficient (Wildman–Crippen LogP) is 4.12. The third-order valence-electron chi connectivity index (χ3n) is 5.61. The highest BCUT2D eigenvalue weighted by atomic mass is 16.5.